The number of nitrogens with zero attached hydrogens (tertiary/aromatic N) is 3. The molecule has 0 aliphatic heterocycles. The maximum absolute atomic E-state index is 12.3. The molecule has 8 nitrogen and oxygen atoms in total. The molecule has 148 valence electrons. The molecule has 2 amide bonds. The van der Waals surface area contributed by atoms with Crippen molar-refractivity contribution < 1.29 is 14.3 Å². The standard InChI is InChI=1S/C20H25N5O3/c1-3-5-6-11-28-18-12-15(9-10-16(18)19(26)21-4-2)25-13-17(23-24-25)20(27)22-14-7-8-14/h3,9-10,12-14H,1,4-8,11H2,2H3,(H,21,26)(H,22,27). The third kappa shape index (κ3) is 4.97. The molecule has 0 unspecified atom stereocenters. The minimum Gasteiger partial charge on any atom is -0.493 e. The largest absolute Gasteiger partial charge is 0.493 e. The molecule has 1 aliphatic rings. The lowest BCUT2D eigenvalue weighted by Gasteiger charge is -2.13. The van der Waals surface area contributed by atoms with Gasteiger partial charge in [-0.25, -0.2) is 4.68 Å². The maximum Gasteiger partial charge on any atom is 0.273 e. The van der Waals surface area contributed by atoms with E-state index in [1.807, 2.05) is 13.0 Å². The fraction of sp³-hybridized carbons (Fsp3) is 0.400. The van der Waals surface area contributed by atoms with Gasteiger partial charge in [0, 0.05) is 18.7 Å². The molecule has 1 fully saturated rings. The first kappa shape index (κ1) is 19.6. The van der Waals surface area contributed by atoms with E-state index in [1.165, 1.54) is 4.68 Å². The van der Waals surface area contributed by atoms with Gasteiger partial charge in [0.05, 0.1) is 24.1 Å². The van der Waals surface area contributed by atoms with Gasteiger partial charge in [-0.3, -0.25) is 9.59 Å². The number of carbonyl (C=O) groups excluding carboxylic acids is 2. The molecule has 2 N–H and O–H groups in total. The lowest BCUT2D eigenvalue weighted by atomic mass is 10.1. The molecule has 28 heavy (non-hydrogen) atoms. The molecule has 0 saturated heterocycles. The van der Waals surface area contributed by atoms with E-state index in [4.69, 9.17) is 4.74 Å². The first-order valence-corrected chi connectivity index (χ1v) is 9.52. The Balaban J connectivity index is 1.80. The number of amides is 2. The van der Waals surface area contributed by atoms with E-state index in [-0.39, 0.29) is 23.6 Å². The zero-order valence-corrected chi connectivity index (χ0v) is 16.0. The van der Waals surface area contributed by atoms with Gasteiger partial charge in [0.15, 0.2) is 5.69 Å². The summed E-state index contributed by atoms with van der Waals surface area (Å²) in [5.41, 5.74) is 1.37. The summed E-state index contributed by atoms with van der Waals surface area (Å²) in [6.45, 7) is 6.55. The predicted octanol–water partition coefficient (Wildman–Crippen LogP) is 2.25. The van der Waals surface area contributed by atoms with Crippen LogP contribution in [-0.4, -0.2) is 46.0 Å². The topological polar surface area (TPSA) is 98.1 Å². The molecule has 0 atom stereocenters. The van der Waals surface area contributed by atoms with Gasteiger partial charge in [-0.2, -0.15) is 0 Å². The van der Waals surface area contributed by atoms with E-state index in [1.54, 1.807) is 24.4 Å². The highest BCUT2D eigenvalue weighted by Crippen LogP contribution is 2.23. The molecule has 1 aromatic heterocycles. The van der Waals surface area contributed by atoms with Crippen molar-refractivity contribution in [2.45, 2.75) is 38.6 Å². The van der Waals surface area contributed by atoms with Gasteiger partial charge >= 0.3 is 0 Å². The predicted molar refractivity (Wildman–Crippen MR) is 105 cm³/mol. The second kappa shape index (κ2) is 9.16. The van der Waals surface area contributed by atoms with E-state index in [0.29, 0.717) is 30.2 Å². The van der Waals surface area contributed by atoms with Crippen LogP contribution in [0.3, 0.4) is 0 Å². The quantitative estimate of drug-likeness (QED) is 0.484. The highest BCUT2D eigenvalue weighted by Gasteiger charge is 2.25. The first-order chi connectivity index (χ1) is 13.6. The Hall–Kier alpha value is -3.16. The molecule has 1 heterocycles. The smallest absolute Gasteiger partial charge is 0.273 e. The van der Waals surface area contributed by atoms with Crippen LogP contribution in [0.15, 0.2) is 37.1 Å². The highest BCUT2D eigenvalue weighted by atomic mass is 16.5. The number of unbranched alkanes of at least 4 members (excludes halogenated alkanes) is 1. The maximum atomic E-state index is 12.3. The molecular formula is C20H25N5O3. The molecule has 1 aliphatic carbocycles. The Morgan fingerprint density at radius 3 is 2.89 bits per heavy atom. The lowest BCUT2D eigenvalue weighted by molar-refractivity contribution is 0.0940. The molecule has 1 aromatic carbocycles. The molecule has 3 rings (SSSR count). The average molecular weight is 383 g/mol. The summed E-state index contributed by atoms with van der Waals surface area (Å²) in [6, 6.07) is 5.42. The van der Waals surface area contributed by atoms with Gasteiger partial charge in [0.25, 0.3) is 11.8 Å². The minimum atomic E-state index is -0.228. The monoisotopic (exact) mass is 383 g/mol. The van der Waals surface area contributed by atoms with Gasteiger partial charge in [-0.05, 0) is 44.7 Å². The molecule has 0 radical (unpaired) electrons. The second-order valence-corrected chi connectivity index (χ2v) is 6.62. The van der Waals surface area contributed by atoms with E-state index in [2.05, 4.69) is 27.5 Å². The second-order valence-electron chi connectivity index (χ2n) is 6.62. The molecule has 0 bridgehead atoms. The Morgan fingerprint density at radius 2 is 2.18 bits per heavy atom. The van der Waals surface area contributed by atoms with Crippen molar-refractivity contribution in [3.63, 3.8) is 0 Å². The van der Waals surface area contributed by atoms with Crippen molar-refractivity contribution in [1.29, 1.82) is 0 Å². The number of allylic oxidation sites excluding steroid dienone is 1. The third-order valence-electron chi connectivity index (χ3n) is 4.26. The Labute approximate surface area is 164 Å². The molecule has 1 saturated carbocycles. The summed E-state index contributed by atoms with van der Waals surface area (Å²) >= 11 is 0. The number of carbonyl (C=O) groups is 2. The van der Waals surface area contributed by atoms with Crippen LogP contribution in [0.4, 0.5) is 0 Å². The number of benzene rings is 1. The van der Waals surface area contributed by atoms with Crippen molar-refractivity contribution in [1.82, 2.24) is 25.6 Å². The lowest BCUT2D eigenvalue weighted by Crippen LogP contribution is -2.25. The van der Waals surface area contributed by atoms with E-state index in [0.717, 1.165) is 25.7 Å². The fourth-order valence-corrected chi connectivity index (χ4v) is 2.61. The van der Waals surface area contributed by atoms with Gasteiger partial charge in [-0.15, -0.1) is 11.7 Å². The van der Waals surface area contributed by atoms with Crippen LogP contribution in [0.1, 0.15) is 53.5 Å². The SMILES string of the molecule is C=CCCCOc1cc(-n2cc(C(=O)NC3CC3)nn2)ccc1C(=O)NCC. The van der Waals surface area contributed by atoms with Crippen LogP contribution in [0, 0.1) is 0 Å². The van der Waals surface area contributed by atoms with Crippen molar-refractivity contribution in [2.75, 3.05) is 13.2 Å². The zero-order chi connectivity index (χ0) is 19.9. The van der Waals surface area contributed by atoms with Crippen LogP contribution in [0.5, 0.6) is 5.75 Å². The summed E-state index contributed by atoms with van der Waals surface area (Å²) < 4.78 is 7.33. The summed E-state index contributed by atoms with van der Waals surface area (Å²) in [5, 5.41) is 13.6. The Bertz CT molecular complexity index is 857. The van der Waals surface area contributed by atoms with Crippen molar-refractivity contribution in [2.24, 2.45) is 0 Å². The number of hydrogen-bond donors (Lipinski definition) is 2. The number of aromatic nitrogens is 3. The number of rotatable bonds is 10. The van der Waals surface area contributed by atoms with Crippen LogP contribution in [0.25, 0.3) is 5.69 Å². The van der Waals surface area contributed by atoms with Gasteiger partial charge < -0.3 is 15.4 Å². The summed E-state index contributed by atoms with van der Waals surface area (Å²) in [4.78, 5) is 24.4. The van der Waals surface area contributed by atoms with Crippen LogP contribution < -0.4 is 15.4 Å². The number of nitrogens with one attached hydrogen (secondary N) is 2. The van der Waals surface area contributed by atoms with Crippen molar-refractivity contribution in [3.8, 4) is 11.4 Å². The van der Waals surface area contributed by atoms with Crippen LogP contribution in [0.2, 0.25) is 0 Å². The highest BCUT2D eigenvalue weighted by molar-refractivity contribution is 5.97. The van der Waals surface area contributed by atoms with Crippen molar-refractivity contribution in [3.05, 3.63) is 48.3 Å². The number of ether oxygens (including phenoxy) is 1. The minimum absolute atomic E-state index is 0.198. The Morgan fingerprint density at radius 1 is 1.36 bits per heavy atom. The Kier molecular flexibility index (Phi) is 6.41. The molecule has 8 heteroatoms. The van der Waals surface area contributed by atoms with E-state index >= 15 is 0 Å². The molecular weight excluding hydrogens is 358 g/mol. The van der Waals surface area contributed by atoms with Crippen molar-refractivity contribution >= 4 is 11.8 Å². The third-order valence-corrected chi connectivity index (χ3v) is 4.26. The molecule has 0 spiro atoms. The van der Waals surface area contributed by atoms with Crippen LogP contribution >= 0.6 is 0 Å². The van der Waals surface area contributed by atoms with E-state index in [9.17, 15) is 9.59 Å². The molecule has 2 aromatic rings. The van der Waals surface area contributed by atoms with Gasteiger partial charge in [0.1, 0.15) is 5.75 Å². The average Bonchev–Trinajstić information content (AvgIpc) is 3.36. The number of hydrogen-bond acceptors (Lipinski definition) is 5. The summed E-state index contributed by atoms with van der Waals surface area (Å²) in [5.74, 6) is 0.0384. The van der Waals surface area contributed by atoms with Gasteiger partial charge in [0.2, 0.25) is 0 Å². The fourth-order valence-electron chi connectivity index (χ4n) is 2.61. The summed E-state index contributed by atoms with van der Waals surface area (Å²) in [6.07, 6.45) is 7.05. The normalized spacial score (nSPS) is 13.0. The van der Waals surface area contributed by atoms with Crippen LogP contribution in [-0.2, 0) is 0 Å². The first-order valence-electron chi connectivity index (χ1n) is 9.52. The zero-order valence-electron chi connectivity index (χ0n) is 16.0. The summed E-state index contributed by atoms with van der Waals surface area (Å²) in [7, 11) is 0. The van der Waals surface area contributed by atoms with E-state index < -0.39 is 0 Å². The van der Waals surface area contributed by atoms with Gasteiger partial charge in [-0.1, -0.05) is 11.3 Å².